The van der Waals surface area contributed by atoms with Crippen LogP contribution in [0.25, 0.3) is 0 Å². The molecule has 1 aliphatic heterocycles. The Morgan fingerprint density at radius 2 is 1.87 bits per heavy atom. The van der Waals surface area contributed by atoms with Gasteiger partial charge in [-0.15, -0.1) is 0 Å². The lowest BCUT2D eigenvalue weighted by atomic mass is 10.0. The van der Waals surface area contributed by atoms with Crippen LogP contribution < -0.4 is 0 Å². The Bertz CT molecular complexity index is 297. The first kappa shape index (κ1) is 10.7. The van der Waals surface area contributed by atoms with Crippen LogP contribution in [0, 0.1) is 0 Å². The zero-order valence-electron chi connectivity index (χ0n) is 9.69. The molecule has 1 aliphatic rings. The first-order valence-corrected chi connectivity index (χ1v) is 5.68. The molecule has 1 aromatic carbocycles. The standard InChI is InChI=1S/C13H20N2/c1-14-8-9-15(2)13(11-14)10-12-6-4-3-5-7-12/h3-7,13H,8-11H2,1-2H3. The summed E-state index contributed by atoms with van der Waals surface area (Å²) in [5, 5.41) is 0. The van der Waals surface area contributed by atoms with Crippen LogP contribution in [0.5, 0.6) is 0 Å². The predicted molar refractivity (Wildman–Crippen MR) is 64.1 cm³/mol. The van der Waals surface area contributed by atoms with Crippen molar-refractivity contribution in [2.75, 3.05) is 33.7 Å². The van der Waals surface area contributed by atoms with E-state index in [0.29, 0.717) is 6.04 Å². The van der Waals surface area contributed by atoms with E-state index in [1.54, 1.807) is 0 Å². The third kappa shape index (κ3) is 2.80. The highest BCUT2D eigenvalue weighted by Crippen LogP contribution is 2.12. The quantitative estimate of drug-likeness (QED) is 0.720. The number of rotatable bonds is 2. The summed E-state index contributed by atoms with van der Waals surface area (Å²) >= 11 is 0. The van der Waals surface area contributed by atoms with Gasteiger partial charge >= 0.3 is 0 Å². The van der Waals surface area contributed by atoms with E-state index in [4.69, 9.17) is 0 Å². The Morgan fingerprint density at radius 3 is 2.60 bits per heavy atom. The highest BCUT2D eigenvalue weighted by molar-refractivity contribution is 5.16. The van der Waals surface area contributed by atoms with Gasteiger partial charge in [0.2, 0.25) is 0 Å². The molecule has 1 aromatic rings. The molecule has 1 saturated heterocycles. The molecule has 2 nitrogen and oxygen atoms in total. The van der Waals surface area contributed by atoms with Gasteiger partial charge in [-0.05, 0) is 26.1 Å². The molecule has 1 atom stereocenters. The van der Waals surface area contributed by atoms with Crippen LogP contribution in [0.15, 0.2) is 30.3 Å². The van der Waals surface area contributed by atoms with Gasteiger partial charge in [-0.2, -0.15) is 0 Å². The lowest BCUT2D eigenvalue weighted by Crippen LogP contribution is -2.50. The van der Waals surface area contributed by atoms with Crippen molar-refractivity contribution < 1.29 is 0 Å². The van der Waals surface area contributed by atoms with Gasteiger partial charge in [0.25, 0.3) is 0 Å². The number of hydrogen-bond acceptors (Lipinski definition) is 2. The minimum atomic E-state index is 0.672. The monoisotopic (exact) mass is 204 g/mol. The van der Waals surface area contributed by atoms with E-state index in [9.17, 15) is 0 Å². The van der Waals surface area contributed by atoms with Crippen molar-refractivity contribution in [3.05, 3.63) is 35.9 Å². The molecule has 0 aromatic heterocycles. The lowest BCUT2D eigenvalue weighted by molar-refractivity contribution is 0.114. The maximum atomic E-state index is 2.48. The number of benzene rings is 1. The Morgan fingerprint density at radius 1 is 1.13 bits per heavy atom. The number of likely N-dealkylation sites (N-methyl/N-ethyl adjacent to an activating group) is 2. The zero-order valence-corrected chi connectivity index (χ0v) is 9.69. The molecular formula is C13H20N2. The van der Waals surface area contributed by atoms with Gasteiger partial charge in [0.15, 0.2) is 0 Å². The van der Waals surface area contributed by atoms with Gasteiger partial charge in [0.05, 0.1) is 0 Å². The van der Waals surface area contributed by atoms with Crippen molar-refractivity contribution in [2.24, 2.45) is 0 Å². The second-order valence-corrected chi connectivity index (χ2v) is 4.59. The number of hydrogen-bond donors (Lipinski definition) is 0. The fraction of sp³-hybridized carbons (Fsp3) is 0.538. The van der Waals surface area contributed by atoms with Gasteiger partial charge in [0.1, 0.15) is 0 Å². The minimum Gasteiger partial charge on any atom is -0.304 e. The van der Waals surface area contributed by atoms with Crippen LogP contribution in [-0.2, 0) is 6.42 Å². The molecule has 1 fully saturated rings. The van der Waals surface area contributed by atoms with Crippen LogP contribution in [0.3, 0.4) is 0 Å². The normalized spacial score (nSPS) is 24.3. The Hall–Kier alpha value is -0.860. The molecule has 1 heterocycles. The largest absolute Gasteiger partial charge is 0.304 e. The summed E-state index contributed by atoms with van der Waals surface area (Å²) in [5.41, 5.74) is 1.45. The average molecular weight is 204 g/mol. The lowest BCUT2D eigenvalue weighted by Gasteiger charge is -2.37. The Kier molecular flexibility index (Phi) is 3.39. The van der Waals surface area contributed by atoms with E-state index >= 15 is 0 Å². The highest BCUT2D eigenvalue weighted by Gasteiger charge is 2.21. The van der Waals surface area contributed by atoms with Gasteiger partial charge in [-0.1, -0.05) is 30.3 Å². The Balaban J connectivity index is 1.98. The molecule has 1 unspecified atom stereocenters. The summed E-state index contributed by atoms with van der Waals surface area (Å²) in [6.07, 6.45) is 1.17. The van der Waals surface area contributed by atoms with Crippen molar-refractivity contribution >= 4 is 0 Å². The first-order chi connectivity index (χ1) is 7.25. The predicted octanol–water partition coefficient (Wildman–Crippen LogP) is 1.47. The summed E-state index contributed by atoms with van der Waals surface area (Å²) in [6, 6.07) is 11.5. The van der Waals surface area contributed by atoms with Crippen LogP contribution in [-0.4, -0.2) is 49.6 Å². The number of nitrogens with zero attached hydrogens (tertiary/aromatic N) is 2. The molecule has 0 aliphatic carbocycles. The molecule has 0 saturated carbocycles. The van der Waals surface area contributed by atoms with Gasteiger partial charge in [0, 0.05) is 25.7 Å². The third-order valence-electron chi connectivity index (χ3n) is 3.29. The Labute approximate surface area is 92.5 Å². The van der Waals surface area contributed by atoms with Crippen LogP contribution in [0.4, 0.5) is 0 Å². The highest BCUT2D eigenvalue weighted by atomic mass is 15.3. The smallest absolute Gasteiger partial charge is 0.0260 e. The molecule has 0 spiro atoms. The molecule has 0 N–H and O–H groups in total. The molecule has 82 valence electrons. The van der Waals surface area contributed by atoms with Crippen molar-refractivity contribution in [3.63, 3.8) is 0 Å². The van der Waals surface area contributed by atoms with Crippen molar-refractivity contribution in [1.82, 2.24) is 9.80 Å². The molecule has 0 bridgehead atoms. The van der Waals surface area contributed by atoms with E-state index in [1.807, 2.05) is 0 Å². The molecule has 2 heteroatoms. The second-order valence-electron chi connectivity index (χ2n) is 4.59. The molecule has 15 heavy (non-hydrogen) atoms. The number of piperazine rings is 1. The van der Waals surface area contributed by atoms with E-state index in [1.165, 1.54) is 31.6 Å². The SMILES string of the molecule is CN1CCN(C)C(Cc2ccccc2)C1. The van der Waals surface area contributed by atoms with E-state index < -0.39 is 0 Å². The van der Waals surface area contributed by atoms with Crippen LogP contribution >= 0.6 is 0 Å². The van der Waals surface area contributed by atoms with Crippen molar-refractivity contribution in [3.8, 4) is 0 Å². The summed E-state index contributed by atoms with van der Waals surface area (Å²) in [5.74, 6) is 0. The van der Waals surface area contributed by atoms with Gasteiger partial charge < -0.3 is 9.80 Å². The van der Waals surface area contributed by atoms with E-state index in [0.717, 1.165) is 0 Å². The maximum Gasteiger partial charge on any atom is 0.0260 e. The second kappa shape index (κ2) is 4.77. The average Bonchev–Trinajstić information content (AvgIpc) is 2.25. The molecule has 2 rings (SSSR count). The van der Waals surface area contributed by atoms with Gasteiger partial charge in [-0.3, -0.25) is 0 Å². The third-order valence-corrected chi connectivity index (χ3v) is 3.29. The summed E-state index contributed by atoms with van der Waals surface area (Å²) in [6.45, 7) is 3.57. The first-order valence-electron chi connectivity index (χ1n) is 5.68. The fourth-order valence-corrected chi connectivity index (χ4v) is 2.21. The fourth-order valence-electron chi connectivity index (χ4n) is 2.21. The topological polar surface area (TPSA) is 6.48 Å². The van der Waals surface area contributed by atoms with Crippen LogP contribution in [0.1, 0.15) is 5.56 Å². The molecule has 0 amide bonds. The minimum absolute atomic E-state index is 0.672. The zero-order chi connectivity index (χ0) is 10.7. The van der Waals surface area contributed by atoms with Crippen molar-refractivity contribution in [1.29, 1.82) is 0 Å². The summed E-state index contributed by atoms with van der Waals surface area (Å²) < 4.78 is 0. The summed E-state index contributed by atoms with van der Waals surface area (Å²) in [7, 11) is 4.45. The molecular weight excluding hydrogens is 184 g/mol. The maximum absolute atomic E-state index is 2.48. The van der Waals surface area contributed by atoms with Gasteiger partial charge in [-0.25, -0.2) is 0 Å². The van der Waals surface area contributed by atoms with Crippen LogP contribution in [0.2, 0.25) is 0 Å². The molecule has 0 radical (unpaired) electrons. The van der Waals surface area contributed by atoms with E-state index in [2.05, 4.69) is 54.2 Å². The summed E-state index contributed by atoms with van der Waals surface area (Å²) in [4.78, 5) is 4.90. The van der Waals surface area contributed by atoms with Crippen molar-refractivity contribution in [2.45, 2.75) is 12.5 Å². The van der Waals surface area contributed by atoms with E-state index in [-0.39, 0.29) is 0 Å².